The van der Waals surface area contributed by atoms with Crippen LogP contribution in [-0.4, -0.2) is 184 Å². The summed E-state index contributed by atoms with van der Waals surface area (Å²) in [5, 5.41) is 105. The second kappa shape index (κ2) is 26.7. The molecule has 1 aromatic heterocycles. The summed E-state index contributed by atoms with van der Waals surface area (Å²) in [5.41, 5.74) is 19.2. The Kier molecular flexibility index (Phi) is 23.4. The number of nitrogens with one attached hydrogen (secondary N) is 1. The monoisotopic (exact) mass is 902 g/mol. The fourth-order valence-corrected chi connectivity index (χ4v) is 6.77. The predicted molar refractivity (Wildman–Crippen MR) is 228 cm³/mol. The van der Waals surface area contributed by atoms with Crippen LogP contribution in [0.25, 0.3) is 10.8 Å². The second-order valence-corrected chi connectivity index (χ2v) is 15.0. The van der Waals surface area contributed by atoms with Crippen LogP contribution in [0.15, 0.2) is 47.6 Å². The molecule has 0 unspecified atom stereocenters. The molecule has 2 amide bonds. The smallest absolute Gasteiger partial charge is 0.269 e. The Bertz CT molecular complexity index is 1820. The lowest BCUT2D eigenvalue weighted by Crippen LogP contribution is -2.53. The van der Waals surface area contributed by atoms with Gasteiger partial charge in [-0.3, -0.25) is 19.5 Å². The molecule has 342 valence electrons. The number of aromatic nitrogens is 2. The predicted octanol–water partition coefficient (Wildman–Crippen LogP) is -3.53. The van der Waals surface area contributed by atoms with E-state index in [9.17, 15) is 50.4 Å². The van der Waals surface area contributed by atoms with Crippen molar-refractivity contribution in [2.75, 3.05) is 45.9 Å². The number of carbonyl (C=O) groups is 2. The third-order valence-corrected chi connectivity index (χ3v) is 10.3. The van der Waals surface area contributed by atoms with Crippen LogP contribution in [0.2, 0.25) is 5.15 Å². The molecule has 0 aliphatic rings. The fourth-order valence-electron chi connectivity index (χ4n) is 6.64. The minimum atomic E-state index is -1.91. The van der Waals surface area contributed by atoms with Gasteiger partial charge in [-0.2, -0.15) is 0 Å². The number of amides is 2. The van der Waals surface area contributed by atoms with E-state index >= 15 is 0 Å². The van der Waals surface area contributed by atoms with Gasteiger partial charge >= 0.3 is 0 Å². The summed E-state index contributed by atoms with van der Waals surface area (Å²) < 4.78 is 0. The lowest BCUT2D eigenvalue weighted by Gasteiger charge is -2.33. The Morgan fingerprint density at radius 2 is 1.26 bits per heavy atom. The zero-order valence-corrected chi connectivity index (χ0v) is 35.1. The van der Waals surface area contributed by atoms with Gasteiger partial charge in [0.05, 0.1) is 37.7 Å². The van der Waals surface area contributed by atoms with Crippen molar-refractivity contribution >= 4 is 52.4 Å². The summed E-state index contributed by atoms with van der Waals surface area (Å²) in [7, 11) is 0. The first kappa shape index (κ1) is 53.4. The SMILES string of the molecule is Cl.NC(=O)c1nc(Cl)cnc1C(N)=NCCCCc1ccc(CC[C@H](NCCCN(C[C@H](O)[C@@H](O)[C@H](O)[C@H](O)CO)C[C@H](O)[C@@H](O)[C@H](O)[C@H](O)CO)C(N)=O)c2ccccc12. The van der Waals surface area contributed by atoms with Crippen LogP contribution >= 0.6 is 24.0 Å². The van der Waals surface area contributed by atoms with Gasteiger partial charge in [0, 0.05) is 19.6 Å². The molecule has 20 nitrogen and oxygen atoms in total. The molecule has 0 saturated heterocycles. The Balaban J connectivity index is 0.0000128. The average molecular weight is 904 g/mol. The summed E-state index contributed by atoms with van der Waals surface area (Å²) >= 11 is 5.83. The number of aliphatic hydroxyl groups excluding tert-OH is 10. The number of benzene rings is 2. The molecule has 0 aliphatic carbocycles. The number of aliphatic imine (C=N–C) groups is 1. The van der Waals surface area contributed by atoms with Crippen LogP contribution in [0.3, 0.4) is 0 Å². The van der Waals surface area contributed by atoms with E-state index in [4.69, 9.17) is 39.0 Å². The Morgan fingerprint density at radius 1 is 0.738 bits per heavy atom. The van der Waals surface area contributed by atoms with Crippen molar-refractivity contribution in [2.45, 2.75) is 93.4 Å². The maximum atomic E-state index is 12.5. The third kappa shape index (κ3) is 16.2. The first-order valence-electron chi connectivity index (χ1n) is 19.5. The van der Waals surface area contributed by atoms with Crippen molar-refractivity contribution in [1.82, 2.24) is 20.2 Å². The van der Waals surface area contributed by atoms with Gasteiger partial charge in [-0.1, -0.05) is 48.0 Å². The molecular formula is C39H60Cl2N8O12. The van der Waals surface area contributed by atoms with Gasteiger partial charge in [0.25, 0.3) is 5.91 Å². The molecule has 3 rings (SSSR count). The van der Waals surface area contributed by atoms with Crippen molar-refractivity contribution in [3.05, 3.63) is 70.3 Å². The van der Waals surface area contributed by atoms with Gasteiger partial charge in [0.15, 0.2) is 5.69 Å². The van der Waals surface area contributed by atoms with Crippen LogP contribution in [0.4, 0.5) is 0 Å². The number of hydrogen-bond donors (Lipinski definition) is 14. The minimum Gasteiger partial charge on any atom is -0.394 e. The number of aliphatic hydroxyl groups is 10. The topological polar surface area (TPSA) is 368 Å². The number of primary amides is 2. The van der Waals surface area contributed by atoms with E-state index in [0.29, 0.717) is 25.8 Å². The van der Waals surface area contributed by atoms with Gasteiger partial charge in [0.2, 0.25) is 5.91 Å². The quantitative estimate of drug-likeness (QED) is 0.0191. The Labute approximate surface area is 364 Å². The van der Waals surface area contributed by atoms with Gasteiger partial charge in [-0.25, -0.2) is 9.97 Å². The number of nitrogens with zero attached hydrogens (tertiary/aromatic N) is 4. The molecule has 0 bridgehead atoms. The van der Waals surface area contributed by atoms with Gasteiger partial charge in [-0.05, 0) is 73.5 Å². The van der Waals surface area contributed by atoms with E-state index in [1.165, 1.54) is 11.1 Å². The minimum absolute atomic E-state index is 0. The van der Waals surface area contributed by atoms with Crippen LogP contribution in [-0.2, 0) is 17.6 Å². The number of aryl methyl sites for hydroxylation is 2. The average Bonchev–Trinajstić information content (AvgIpc) is 3.23. The first-order valence-corrected chi connectivity index (χ1v) is 19.9. The van der Waals surface area contributed by atoms with Crippen molar-refractivity contribution < 1.29 is 60.7 Å². The van der Waals surface area contributed by atoms with E-state index in [-0.39, 0.29) is 54.3 Å². The summed E-state index contributed by atoms with van der Waals surface area (Å²) in [6.07, 6.45) is -9.97. The molecule has 0 fully saturated rings. The normalized spacial score (nSPS) is 16.6. The second-order valence-electron chi connectivity index (χ2n) is 14.6. The lowest BCUT2D eigenvalue weighted by atomic mass is 9.93. The summed E-state index contributed by atoms with van der Waals surface area (Å²) in [4.78, 5) is 37.9. The first-order chi connectivity index (χ1) is 28.5. The number of hydrogen-bond acceptors (Lipinski definition) is 17. The highest BCUT2D eigenvalue weighted by Crippen LogP contribution is 2.26. The van der Waals surface area contributed by atoms with Crippen molar-refractivity contribution in [3.63, 3.8) is 0 Å². The van der Waals surface area contributed by atoms with Crippen molar-refractivity contribution in [1.29, 1.82) is 0 Å². The van der Waals surface area contributed by atoms with Gasteiger partial charge in [0.1, 0.15) is 53.3 Å². The molecule has 0 spiro atoms. The van der Waals surface area contributed by atoms with E-state index in [1.807, 2.05) is 36.4 Å². The highest BCUT2D eigenvalue weighted by atomic mass is 35.5. The molecule has 9 atom stereocenters. The number of nitrogens with two attached hydrogens (primary N) is 3. The molecule has 61 heavy (non-hydrogen) atoms. The molecular weight excluding hydrogens is 843 g/mol. The third-order valence-electron chi connectivity index (χ3n) is 10.1. The molecule has 17 N–H and O–H groups in total. The number of fused-ring (bicyclic) bond motifs is 1. The van der Waals surface area contributed by atoms with Crippen LogP contribution in [0.5, 0.6) is 0 Å². The number of carbonyl (C=O) groups excluding carboxylic acids is 2. The van der Waals surface area contributed by atoms with E-state index in [2.05, 4.69) is 20.3 Å². The zero-order chi connectivity index (χ0) is 44.5. The highest BCUT2D eigenvalue weighted by molar-refractivity contribution is 6.29. The van der Waals surface area contributed by atoms with Crippen LogP contribution in [0, 0.1) is 0 Å². The Morgan fingerprint density at radius 3 is 1.77 bits per heavy atom. The number of halogens is 2. The summed E-state index contributed by atoms with van der Waals surface area (Å²) in [6, 6.07) is 11.2. The van der Waals surface area contributed by atoms with E-state index in [0.717, 1.165) is 34.7 Å². The molecule has 3 aromatic rings. The standard InChI is InChI=1S/C39H59ClN8O12.ClH/c40-30-16-46-31(32(47-30)39(43)60)37(41)45-13-4-3-6-21-9-10-22(24-8-2-1-7-23(21)24)11-12-25(38(42)59)44-14-5-15-48(17-26(51)33(55)35(57)28(53)19-49)18-27(52)34(56)36(58)29(54)20-50;/h1-2,7-10,16,25-29,33-36,44,49-58H,3-6,11-15,17-20H2,(H2,41,45)(H2,42,59)(H2,43,60);1H/t25-,26-,27-,28+,29+,33+,34+,35+,36+;/m0./s1. The summed E-state index contributed by atoms with van der Waals surface area (Å²) in [6.45, 7) is -1.94. The lowest BCUT2D eigenvalue weighted by molar-refractivity contribution is -0.130. The fraction of sp³-hybridized carbons (Fsp3) is 0.564. The van der Waals surface area contributed by atoms with E-state index < -0.39 is 93.0 Å². The van der Waals surface area contributed by atoms with Crippen molar-refractivity contribution in [2.24, 2.45) is 22.2 Å². The number of rotatable bonds is 28. The van der Waals surface area contributed by atoms with Crippen LogP contribution in [0.1, 0.15) is 53.0 Å². The Hall–Kier alpha value is -3.71. The van der Waals surface area contributed by atoms with E-state index in [1.54, 1.807) is 0 Å². The molecule has 1 heterocycles. The molecule has 0 saturated carbocycles. The molecule has 0 radical (unpaired) electrons. The maximum Gasteiger partial charge on any atom is 0.269 e. The van der Waals surface area contributed by atoms with Gasteiger partial charge < -0.3 is 73.6 Å². The van der Waals surface area contributed by atoms with Crippen LogP contribution < -0.4 is 22.5 Å². The van der Waals surface area contributed by atoms with Crippen molar-refractivity contribution in [3.8, 4) is 0 Å². The summed E-state index contributed by atoms with van der Waals surface area (Å²) in [5.74, 6) is -1.38. The number of amidine groups is 1. The largest absolute Gasteiger partial charge is 0.394 e. The van der Waals surface area contributed by atoms with Gasteiger partial charge in [-0.15, -0.1) is 12.4 Å². The molecule has 22 heteroatoms. The maximum absolute atomic E-state index is 12.5. The molecule has 0 aliphatic heterocycles. The zero-order valence-electron chi connectivity index (χ0n) is 33.5. The number of unbranched alkanes of at least 4 members (excludes halogenated alkanes) is 1. The molecule has 2 aromatic carbocycles. The highest BCUT2D eigenvalue weighted by Gasteiger charge is 2.34.